The predicted octanol–water partition coefficient (Wildman–Crippen LogP) is 0.980. The predicted molar refractivity (Wildman–Crippen MR) is 209 cm³/mol. The second-order valence-corrected chi connectivity index (χ2v) is 14.4. The van der Waals surface area contributed by atoms with E-state index in [1.54, 1.807) is 66.7 Å². The van der Waals surface area contributed by atoms with Crippen LogP contribution in [-0.4, -0.2) is 54.4 Å². The summed E-state index contributed by atoms with van der Waals surface area (Å²) < 4.78 is 41.8. The third-order valence-electron chi connectivity index (χ3n) is 7.72. The standard InChI is InChI=1S/C36H27Cl2N9O8S2.2Na/c1-19(48)21-3-7-25(8-4-21)31-42-32(37)44-34(43-31)41-28-16-12-24(30(18-28)57(51,52)53)6-5-23-11-15-27(17-29(23)56-55-54-50)40-36-46-33(38)45-35(47-36)39-26-13-9-22(10-14-26)20(2)49;;/h3-18,50H,1-2H3,(H,51,52,53)(H,41,42,43,44)(H2,39,40,45,46,47);;/q;2*+1/p-2/b6-5+;;. The van der Waals surface area contributed by atoms with Gasteiger partial charge in [-0.25, -0.2) is 8.42 Å². The maximum atomic E-state index is 12.4. The van der Waals surface area contributed by atoms with Crippen molar-refractivity contribution in [1.82, 2.24) is 29.9 Å². The molecule has 2 heterocycles. The molecule has 6 rings (SSSR count). The van der Waals surface area contributed by atoms with E-state index in [0.29, 0.717) is 50.6 Å². The number of anilines is 6. The SMILES string of the molecule is CC(=O)c1ccc(Nc2nc(Cl)nc(Nc3ccc(/C=C/c4ccc(Nc5nc(Cl)nc(-c6ccc(C(C)=O)cc6)n5)cc4S(=O)(=O)[O-])c(SOO[O-])c3)n2)cc1.[Na+].[Na+]. The van der Waals surface area contributed by atoms with Gasteiger partial charge >= 0.3 is 59.1 Å². The molecule has 17 nitrogen and oxygen atoms in total. The average molecular weight is 893 g/mol. The Kier molecular flexibility index (Phi) is 17.5. The van der Waals surface area contributed by atoms with E-state index in [2.05, 4.69) is 55.2 Å². The molecule has 0 saturated heterocycles. The summed E-state index contributed by atoms with van der Waals surface area (Å²) >= 11 is 12.9. The van der Waals surface area contributed by atoms with Gasteiger partial charge in [0, 0.05) is 38.6 Å². The van der Waals surface area contributed by atoms with Crippen LogP contribution in [0.5, 0.6) is 0 Å². The third-order valence-corrected chi connectivity index (χ3v) is 9.60. The first-order chi connectivity index (χ1) is 27.2. The fourth-order valence-corrected chi connectivity index (χ4v) is 6.57. The Bertz CT molecular complexity index is 2630. The second kappa shape index (κ2) is 21.6. The summed E-state index contributed by atoms with van der Waals surface area (Å²) in [5.74, 6) is 0.0993. The molecule has 0 saturated carbocycles. The first-order valence-electron chi connectivity index (χ1n) is 16.2. The average Bonchev–Trinajstić information content (AvgIpc) is 3.16. The molecular weight excluding hydrogens is 867 g/mol. The molecular formula is C36H25Cl2N9Na2O8S2. The molecule has 3 N–H and O–H groups in total. The summed E-state index contributed by atoms with van der Waals surface area (Å²) in [5, 5.41) is 22.8. The van der Waals surface area contributed by atoms with Crippen LogP contribution < -0.4 is 80.3 Å². The first kappa shape index (κ1) is 47.8. The minimum Gasteiger partial charge on any atom is -0.744 e. The van der Waals surface area contributed by atoms with Crippen LogP contribution >= 0.6 is 35.2 Å². The number of aromatic nitrogens is 6. The molecule has 0 aliphatic heterocycles. The fraction of sp³-hybridized carbons (Fsp3) is 0.0556. The van der Waals surface area contributed by atoms with E-state index in [1.165, 1.54) is 38.1 Å². The third kappa shape index (κ3) is 13.3. The van der Waals surface area contributed by atoms with Gasteiger partial charge in [-0.15, -0.1) is 0 Å². The minimum absolute atomic E-state index is 0. The maximum Gasteiger partial charge on any atom is 1.00 e. The quantitative estimate of drug-likeness (QED) is 0.0247. The van der Waals surface area contributed by atoms with E-state index in [-0.39, 0.29) is 116 Å². The molecule has 0 aliphatic carbocycles. The fourth-order valence-electron chi connectivity index (χ4n) is 5.04. The van der Waals surface area contributed by atoms with E-state index in [9.17, 15) is 27.8 Å². The van der Waals surface area contributed by atoms with Crippen molar-refractivity contribution in [2.24, 2.45) is 0 Å². The Morgan fingerprint density at radius 1 is 0.661 bits per heavy atom. The number of rotatable bonds is 15. The van der Waals surface area contributed by atoms with Crippen LogP contribution in [-0.2, 0) is 19.5 Å². The molecule has 0 fully saturated rings. The monoisotopic (exact) mass is 891 g/mol. The van der Waals surface area contributed by atoms with Crippen LogP contribution in [0.4, 0.5) is 34.9 Å². The van der Waals surface area contributed by atoms with Crippen molar-refractivity contribution in [1.29, 1.82) is 0 Å². The molecule has 2 aromatic heterocycles. The Hall–Kier alpha value is -3.90. The molecule has 0 unspecified atom stereocenters. The van der Waals surface area contributed by atoms with Crippen molar-refractivity contribution in [3.05, 3.63) is 118 Å². The molecule has 0 atom stereocenters. The van der Waals surface area contributed by atoms with Crippen molar-refractivity contribution in [3.63, 3.8) is 0 Å². The molecule has 6 aromatic rings. The molecule has 4 aromatic carbocycles. The van der Waals surface area contributed by atoms with Crippen LogP contribution in [0.2, 0.25) is 10.6 Å². The van der Waals surface area contributed by atoms with Gasteiger partial charge in [0.05, 0.1) is 16.9 Å². The second-order valence-electron chi connectivity index (χ2n) is 11.7. The van der Waals surface area contributed by atoms with Gasteiger partial charge in [0.1, 0.15) is 10.1 Å². The van der Waals surface area contributed by atoms with Gasteiger partial charge in [0.2, 0.25) is 28.4 Å². The zero-order valence-electron chi connectivity index (χ0n) is 31.3. The van der Waals surface area contributed by atoms with Gasteiger partial charge in [-0.05, 0) is 96.7 Å². The summed E-state index contributed by atoms with van der Waals surface area (Å²) in [7, 11) is -5.02. The number of Topliss-reactive ketones (excluding diaryl/α,β-unsaturated/α-hetero) is 2. The zero-order chi connectivity index (χ0) is 40.7. The maximum absolute atomic E-state index is 12.4. The smallest absolute Gasteiger partial charge is 0.744 e. The molecule has 0 amide bonds. The number of halogens is 2. The number of benzene rings is 4. The molecule has 23 heteroatoms. The summed E-state index contributed by atoms with van der Waals surface area (Å²) in [6.07, 6.45) is 2.88. The van der Waals surface area contributed by atoms with Gasteiger partial charge < -0.3 is 25.8 Å². The number of hydrogen-bond acceptors (Lipinski definition) is 18. The van der Waals surface area contributed by atoms with Crippen LogP contribution in [0, 0.1) is 0 Å². The molecule has 0 spiro atoms. The van der Waals surface area contributed by atoms with E-state index in [4.69, 9.17) is 23.2 Å². The summed E-state index contributed by atoms with van der Waals surface area (Å²) in [4.78, 5) is 48.0. The van der Waals surface area contributed by atoms with Crippen molar-refractivity contribution in [2.45, 2.75) is 23.6 Å². The molecule has 0 radical (unpaired) electrons. The minimum atomic E-state index is -5.02. The molecule has 59 heavy (non-hydrogen) atoms. The van der Waals surface area contributed by atoms with Gasteiger partial charge in [-0.2, -0.15) is 34.2 Å². The van der Waals surface area contributed by atoms with Gasteiger partial charge in [0.15, 0.2) is 17.4 Å². The van der Waals surface area contributed by atoms with Gasteiger partial charge in [-0.3, -0.25) is 14.6 Å². The normalized spacial score (nSPS) is 11.0. The van der Waals surface area contributed by atoms with Crippen molar-refractivity contribution >= 4 is 104 Å². The summed E-state index contributed by atoms with van der Waals surface area (Å²) in [6, 6.07) is 21.9. The van der Waals surface area contributed by atoms with Crippen LogP contribution in [0.15, 0.2) is 94.7 Å². The number of carbonyl (C=O) groups is 2. The molecule has 290 valence electrons. The van der Waals surface area contributed by atoms with E-state index in [1.807, 2.05) is 0 Å². The van der Waals surface area contributed by atoms with Crippen molar-refractivity contribution in [3.8, 4) is 11.4 Å². The summed E-state index contributed by atoms with van der Waals surface area (Å²) in [6.45, 7) is 2.90. The van der Waals surface area contributed by atoms with Crippen LogP contribution in [0.1, 0.15) is 45.7 Å². The van der Waals surface area contributed by atoms with Gasteiger partial charge in [-0.1, -0.05) is 48.6 Å². The van der Waals surface area contributed by atoms with Crippen molar-refractivity contribution in [2.75, 3.05) is 16.0 Å². The largest absolute Gasteiger partial charge is 1.00 e. The molecule has 0 aliphatic rings. The van der Waals surface area contributed by atoms with E-state index < -0.39 is 15.0 Å². The number of hydrogen-bond donors (Lipinski definition) is 3. The Balaban J connectivity index is 0.00000384. The Labute approximate surface area is 395 Å². The topological polar surface area (TPSA) is 246 Å². The zero-order valence-corrected chi connectivity index (χ0v) is 38.4. The Morgan fingerprint density at radius 3 is 1.69 bits per heavy atom. The van der Waals surface area contributed by atoms with Gasteiger partial charge in [0.25, 0.3) is 0 Å². The summed E-state index contributed by atoms with van der Waals surface area (Å²) in [5.41, 5.74) is 3.18. The number of ketones is 2. The first-order valence-corrected chi connectivity index (χ1v) is 19.1. The van der Waals surface area contributed by atoms with E-state index in [0.717, 1.165) is 6.07 Å². The molecule has 0 bridgehead atoms. The Morgan fingerprint density at radius 2 is 1.14 bits per heavy atom. The van der Waals surface area contributed by atoms with E-state index >= 15 is 0 Å². The number of nitrogens with zero attached hydrogens (tertiary/aromatic N) is 6. The van der Waals surface area contributed by atoms with Crippen LogP contribution in [0.25, 0.3) is 23.5 Å². The van der Waals surface area contributed by atoms with Crippen molar-refractivity contribution < 1.29 is 96.3 Å². The number of nitrogens with one attached hydrogen (secondary N) is 3. The number of carbonyl (C=O) groups excluding carboxylic acids is 2. The van der Waals surface area contributed by atoms with Crippen LogP contribution in [0.3, 0.4) is 0 Å².